The Kier molecular flexibility index (Phi) is 12.9. The van der Waals surface area contributed by atoms with Crippen molar-refractivity contribution in [3.8, 4) is 0 Å². The topological polar surface area (TPSA) is 80.7 Å². The minimum absolute atomic E-state index is 0.116. The molecule has 0 radical (unpaired) electrons. The van der Waals surface area contributed by atoms with Crippen molar-refractivity contribution in [1.29, 1.82) is 0 Å². The molecule has 178 valence electrons. The number of allylic oxidation sites excluding steroid dienone is 2. The van der Waals surface area contributed by atoms with Gasteiger partial charge in [0.05, 0.1) is 12.7 Å². The van der Waals surface area contributed by atoms with Crippen LogP contribution in [0.3, 0.4) is 0 Å². The Labute approximate surface area is 189 Å². The lowest BCUT2D eigenvalue weighted by Gasteiger charge is -2.20. The smallest absolute Gasteiger partial charge is 0.305 e. The fourth-order valence-corrected chi connectivity index (χ4v) is 4.54. The Hall–Kier alpha value is -1.49. The molecule has 5 nitrogen and oxygen atoms in total. The first-order chi connectivity index (χ1) is 14.7. The van der Waals surface area contributed by atoms with E-state index in [-0.39, 0.29) is 23.7 Å². The summed E-state index contributed by atoms with van der Waals surface area (Å²) in [7, 11) is 1.41. The lowest BCUT2D eigenvalue weighted by molar-refractivity contribution is -0.142. The van der Waals surface area contributed by atoms with Crippen molar-refractivity contribution >= 4 is 18.0 Å². The molecule has 3 unspecified atom stereocenters. The molecule has 2 aliphatic carbocycles. The molecule has 2 rings (SSSR count). The SMILES string of the molecule is CC(C)(O)CCCC1=CCC(C=O)CC1.CCCCCC1C(=O)CCC1CC(=O)OC. The molecule has 0 aromatic heterocycles. The van der Waals surface area contributed by atoms with Crippen LogP contribution in [-0.2, 0) is 19.1 Å². The molecule has 31 heavy (non-hydrogen) atoms. The number of carbonyl (C=O) groups is 3. The number of aldehydes is 1. The van der Waals surface area contributed by atoms with Crippen LogP contribution in [-0.4, -0.2) is 35.9 Å². The van der Waals surface area contributed by atoms with E-state index in [1.54, 1.807) is 0 Å². The summed E-state index contributed by atoms with van der Waals surface area (Å²) in [4.78, 5) is 33.5. The molecular formula is C26H44O5. The van der Waals surface area contributed by atoms with Gasteiger partial charge in [-0.2, -0.15) is 0 Å². The van der Waals surface area contributed by atoms with Crippen molar-refractivity contribution in [1.82, 2.24) is 0 Å². The van der Waals surface area contributed by atoms with Gasteiger partial charge < -0.3 is 14.6 Å². The zero-order valence-corrected chi connectivity index (χ0v) is 20.2. The summed E-state index contributed by atoms with van der Waals surface area (Å²) in [5.74, 6) is 0.774. The summed E-state index contributed by atoms with van der Waals surface area (Å²) < 4.78 is 4.67. The first kappa shape index (κ1) is 27.5. The molecule has 1 saturated carbocycles. The fraction of sp³-hybridized carbons (Fsp3) is 0.808. The van der Waals surface area contributed by atoms with Crippen LogP contribution < -0.4 is 0 Å². The third kappa shape index (κ3) is 11.6. The molecule has 5 heteroatoms. The van der Waals surface area contributed by atoms with Crippen LogP contribution in [0.15, 0.2) is 11.6 Å². The third-order valence-electron chi connectivity index (χ3n) is 6.54. The largest absolute Gasteiger partial charge is 0.469 e. The molecule has 0 aromatic rings. The van der Waals surface area contributed by atoms with Gasteiger partial charge in [0.25, 0.3) is 0 Å². The minimum Gasteiger partial charge on any atom is -0.469 e. The van der Waals surface area contributed by atoms with Gasteiger partial charge in [-0.3, -0.25) is 9.59 Å². The van der Waals surface area contributed by atoms with Crippen molar-refractivity contribution in [3.05, 3.63) is 11.6 Å². The van der Waals surface area contributed by atoms with Gasteiger partial charge in [0.1, 0.15) is 12.1 Å². The predicted octanol–water partition coefficient (Wildman–Crippen LogP) is 5.58. The second-order valence-electron chi connectivity index (χ2n) is 9.85. The summed E-state index contributed by atoms with van der Waals surface area (Å²) in [6, 6.07) is 0. The molecule has 0 spiro atoms. The van der Waals surface area contributed by atoms with E-state index >= 15 is 0 Å². The van der Waals surface area contributed by atoms with Crippen LogP contribution in [0.4, 0.5) is 0 Å². The molecule has 2 aliphatic rings. The molecular weight excluding hydrogens is 392 g/mol. The maximum absolute atomic E-state index is 11.7. The van der Waals surface area contributed by atoms with Gasteiger partial charge in [-0.25, -0.2) is 0 Å². The molecule has 3 atom stereocenters. The molecule has 1 N–H and O–H groups in total. The van der Waals surface area contributed by atoms with Crippen LogP contribution >= 0.6 is 0 Å². The molecule has 0 heterocycles. The summed E-state index contributed by atoms with van der Waals surface area (Å²) >= 11 is 0. The number of Topliss-reactive ketones (excluding diaryl/α,β-unsaturated/α-hetero) is 1. The number of hydrogen-bond donors (Lipinski definition) is 1. The van der Waals surface area contributed by atoms with Crippen LogP contribution in [0.25, 0.3) is 0 Å². The Bertz CT molecular complexity index is 587. The predicted molar refractivity (Wildman–Crippen MR) is 124 cm³/mol. The number of unbranched alkanes of at least 4 members (excludes halogenated alkanes) is 2. The highest BCUT2D eigenvalue weighted by atomic mass is 16.5. The van der Waals surface area contributed by atoms with E-state index in [4.69, 9.17) is 0 Å². The number of aliphatic hydroxyl groups is 1. The average Bonchev–Trinajstić information content (AvgIpc) is 3.07. The van der Waals surface area contributed by atoms with E-state index < -0.39 is 5.60 Å². The maximum Gasteiger partial charge on any atom is 0.305 e. The second kappa shape index (κ2) is 14.5. The van der Waals surface area contributed by atoms with Crippen molar-refractivity contribution in [3.63, 3.8) is 0 Å². The van der Waals surface area contributed by atoms with Gasteiger partial charge in [-0.15, -0.1) is 0 Å². The lowest BCUT2D eigenvalue weighted by Crippen LogP contribution is -2.18. The number of rotatable bonds is 11. The standard InChI is InChI=1S/C13H22O3.C13H22O2/c1-3-4-5-6-11-10(7-8-12(11)14)9-13(15)16-2;1-13(2,15)9-3-4-11-5-7-12(10-14)8-6-11/h10-11H,3-9H2,1-2H3;5,10,12,15H,3-4,6-9H2,1-2H3. The number of ether oxygens (including phenoxy) is 1. The van der Waals surface area contributed by atoms with Crippen molar-refractivity contribution in [2.75, 3.05) is 7.11 Å². The van der Waals surface area contributed by atoms with E-state index in [1.807, 2.05) is 13.8 Å². The monoisotopic (exact) mass is 436 g/mol. The van der Waals surface area contributed by atoms with Crippen molar-refractivity contribution in [2.45, 2.75) is 110 Å². The van der Waals surface area contributed by atoms with Gasteiger partial charge in [-0.1, -0.05) is 37.8 Å². The summed E-state index contributed by atoms with van der Waals surface area (Å²) in [6.45, 7) is 5.86. The fourth-order valence-electron chi connectivity index (χ4n) is 4.54. The van der Waals surface area contributed by atoms with E-state index in [0.29, 0.717) is 18.6 Å². The van der Waals surface area contributed by atoms with Gasteiger partial charge in [-0.05, 0) is 71.1 Å². The number of ketones is 1. The maximum atomic E-state index is 11.7. The van der Waals surface area contributed by atoms with Crippen molar-refractivity contribution < 1.29 is 24.2 Å². The quantitative estimate of drug-likeness (QED) is 0.198. The Morgan fingerprint density at radius 3 is 2.52 bits per heavy atom. The third-order valence-corrected chi connectivity index (χ3v) is 6.54. The zero-order chi connectivity index (χ0) is 23.3. The first-order valence-corrected chi connectivity index (χ1v) is 12.1. The lowest BCUT2D eigenvalue weighted by atomic mass is 9.87. The summed E-state index contributed by atoms with van der Waals surface area (Å²) in [6.07, 6.45) is 15.6. The molecule has 0 bridgehead atoms. The highest BCUT2D eigenvalue weighted by Gasteiger charge is 2.35. The van der Waals surface area contributed by atoms with E-state index in [9.17, 15) is 19.5 Å². The molecule has 0 aliphatic heterocycles. The highest BCUT2D eigenvalue weighted by Crippen LogP contribution is 2.35. The summed E-state index contributed by atoms with van der Waals surface area (Å²) in [5, 5.41) is 9.56. The average molecular weight is 437 g/mol. The minimum atomic E-state index is -0.541. The Balaban J connectivity index is 0.000000311. The van der Waals surface area contributed by atoms with Crippen LogP contribution in [0, 0.1) is 17.8 Å². The number of carbonyl (C=O) groups excluding carboxylic acids is 3. The molecule has 0 saturated heterocycles. The van der Waals surface area contributed by atoms with E-state index in [1.165, 1.54) is 25.5 Å². The van der Waals surface area contributed by atoms with Gasteiger partial charge in [0.2, 0.25) is 0 Å². The molecule has 0 aromatic carbocycles. The van der Waals surface area contributed by atoms with Gasteiger partial charge >= 0.3 is 5.97 Å². The molecule has 0 amide bonds. The van der Waals surface area contributed by atoms with Gasteiger partial charge in [0.15, 0.2) is 0 Å². The second-order valence-corrected chi connectivity index (χ2v) is 9.85. The zero-order valence-electron chi connectivity index (χ0n) is 20.2. The summed E-state index contributed by atoms with van der Waals surface area (Å²) in [5.41, 5.74) is 0.929. The van der Waals surface area contributed by atoms with Crippen molar-refractivity contribution in [2.24, 2.45) is 17.8 Å². The van der Waals surface area contributed by atoms with Crippen LogP contribution in [0.1, 0.15) is 104 Å². The van der Waals surface area contributed by atoms with Crippen LogP contribution in [0.2, 0.25) is 0 Å². The highest BCUT2D eigenvalue weighted by molar-refractivity contribution is 5.84. The normalized spacial score (nSPS) is 23.6. The van der Waals surface area contributed by atoms with E-state index in [0.717, 1.165) is 64.1 Å². The Morgan fingerprint density at radius 1 is 1.23 bits per heavy atom. The number of hydrogen-bond acceptors (Lipinski definition) is 5. The van der Waals surface area contributed by atoms with Gasteiger partial charge in [0, 0.05) is 24.7 Å². The number of methoxy groups -OCH3 is 1. The van der Waals surface area contributed by atoms with E-state index in [2.05, 4.69) is 17.7 Å². The van der Waals surface area contributed by atoms with Crippen LogP contribution in [0.5, 0.6) is 0 Å². The number of esters is 1. The Morgan fingerprint density at radius 2 is 1.97 bits per heavy atom. The first-order valence-electron chi connectivity index (χ1n) is 12.1. The molecule has 1 fully saturated rings.